The van der Waals surface area contributed by atoms with E-state index in [0.29, 0.717) is 0 Å². The van der Waals surface area contributed by atoms with Gasteiger partial charge in [0.1, 0.15) is 11.5 Å². The van der Waals surface area contributed by atoms with Gasteiger partial charge in [-0.25, -0.2) is 0 Å². The standard InChI is InChI=1S/C38H60N2O2/c1-17-26(4)40-23-28-19-30(36(8,9)10)21-32(38(14,15)16)34(28)42-24-41-33-27(22-39-25(2)3)18-29(35(5,6)7)20-31(33)37(11,12)13/h18-23,25-26H,17,24H2,1-16H3. The maximum atomic E-state index is 6.62. The van der Waals surface area contributed by atoms with Crippen LogP contribution in [0.5, 0.6) is 11.5 Å². The molecule has 0 saturated heterocycles. The van der Waals surface area contributed by atoms with Crippen molar-refractivity contribution in [3.8, 4) is 11.5 Å². The van der Waals surface area contributed by atoms with Gasteiger partial charge in [-0.3, -0.25) is 9.98 Å². The Bertz CT molecular complexity index is 1260. The van der Waals surface area contributed by atoms with Crippen molar-refractivity contribution in [2.24, 2.45) is 9.98 Å². The van der Waals surface area contributed by atoms with E-state index in [1.807, 2.05) is 12.4 Å². The molecule has 2 aromatic rings. The minimum absolute atomic E-state index is 0.00424. The summed E-state index contributed by atoms with van der Waals surface area (Å²) in [5.41, 5.74) is 6.56. The van der Waals surface area contributed by atoms with Crippen LogP contribution in [-0.4, -0.2) is 31.3 Å². The summed E-state index contributed by atoms with van der Waals surface area (Å²) in [6, 6.07) is 9.48. The minimum Gasteiger partial charge on any atom is -0.456 e. The lowest BCUT2D eigenvalue weighted by molar-refractivity contribution is 0.115. The smallest absolute Gasteiger partial charge is 0.230 e. The summed E-state index contributed by atoms with van der Waals surface area (Å²) in [6.45, 7) is 35.5. The average Bonchev–Trinajstić information content (AvgIpc) is 2.83. The average molecular weight is 577 g/mol. The topological polar surface area (TPSA) is 43.2 Å². The van der Waals surface area contributed by atoms with Crippen LogP contribution in [0.3, 0.4) is 0 Å². The van der Waals surface area contributed by atoms with Gasteiger partial charge in [0.05, 0.1) is 0 Å². The number of ether oxygens (including phenoxy) is 2. The number of aliphatic imine (C=N–C) groups is 2. The second-order valence-corrected chi connectivity index (χ2v) is 16.2. The molecule has 0 aromatic heterocycles. The molecular weight excluding hydrogens is 516 g/mol. The van der Waals surface area contributed by atoms with Crippen LogP contribution in [0.4, 0.5) is 0 Å². The van der Waals surface area contributed by atoms with Crippen LogP contribution in [0.15, 0.2) is 34.3 Å². The van der Waals surface area contributed by atoms with Crippen LogP contribution in [0, 0.1) is 0 Å². The van der Waals surface area contributed by atoms with E-state index in [0.717, 1.165) is 40.2 Å². The van der Waals surface area contributed by atoms with Crippen molar-refractivity contribution in [2.45, 2.75) is 151 Å². The first-order chi connectivity index (χ1) is 19.1. The maximum Gasteiger partial charge on any atom is 0.230 e. The van der Waals surface area contributed by atoms with E-state index in [1.54, 1.807) is 0 Å². The largest absolute Gasteiger partial charge is 0.456 e. The van der Waals surface area contributed by atoms with Crippen molar-refractivity contribution in [3.63, 3.8) is 0 Å². The molecular formula is C38H60N2O2. The van der Waals surface area contributed by atoms with Gasteiger partial charge in [-0.15, -0.1) is 0 Å². The molecule has 0 N–H and O–H groups in total. The molecule has 1 atom stereocenters. The van der Waals surface area contributed by atoms with Crippen LogP contribution in [0.25, 0.3) is 0 Å². The summed E-state index contributed by atoms with van der Waals surface area (Å²) in [7, 11) is 0. The van der Waals surface area contributed by atoms with Crippen LogP contribution >= 0.6 is 0 Å². The first kappa shape index (κ1) is 35.6. The molecule has 0 bridgehead atoms. The molecule has 2 aromatic carbocycles. The second-order valence-electron chi connectivity index (χ2n) is 16.2. The van der Waals surface area contributed by atoms with Crippen molar-refractivity contribution in [3.05, 3.63) is 57.6 Å². The van der Waals surface area contributed by atoms with Crippen molar-refractivity contribution >= 4 is 12.4 Å². The normalized spacial score (nSPS) is 14.3. The summed E-state index contributed by atoms with van der Waals surface area (Å²) in [6.07, 6.45) is 4.95. The maximum absolute atomic E-state index is 6.62. The highest BCUT2D eigenvalue weighted by Crippen LogP contribution is 2.40. The first-order valence-corrected chi connectivity index (χ1v) is 15.8. The zero-order valence-electron chi connectivity index (χ0n) is 29.7. The summed E-state index contributed by atoms with van der Waals surface area (Å²) in [4.78, 5) is 9.60. The lowest BCUT2D eigenvalue weighted by atomic mass is 9.79. The minimum atomic E-state index is -0.129. The number of hydrogen-bond donors (Lipinski definition) is 0. The fourth-order valence-electron chi connectivity index (χ4n) is 4.49. The fourth-order valence-corrected chi connectivity index (χ4v) is 4.49. The van der Waals surface area contributed by atoms with E-state index in [2.05, 4.69) is 135 Å². The quantitative estimate of drug-likeness (QED) is 0.220. The Morgan fingerprint density at radius 2 is 0.976 bits per heavy atom. The number of nitrogens with zero attached hydrogens (tertiary/aromatic N) is 2. The predicted molar refractivity (Wildman–Crippen MR) is 184 cm³/mol. The lowest BCUT2D eigenvalue weighted by Crippen LogP contribution is -2.22. The predicted octanol–water partition coefficient (Wildman–Crippen LogP) is 10.3. The Balaban J connectivity index is 2.70. The number of rotatable bonds is 9. The zero-order chi connectivity index (χ0) is 32.3. The Kier molecular flexibility index (Phi) is 11.3. The molecule has 4 nitrogen and oxygen atoms in total. The van der Waals surface area contributed by atoms with Gasteiger partial charge in [-0.05, 0) is 72.1 Å². The third kappa shape index (κ3) is 9.71. The Morgan fingerprint density at radius 1 is 0.595 bits per heavy atom. The molecule has 234 valence electrons. The highest BCUT2D eigenvalue weighted by Gasteiger charge is 2.28. The van der Waals surface area contributed by atoms with Gasteiger partial charge in [0.2, 0.25) is 6.79 Å². The first-order valence-electron chi connectivity index (χ1n) is 15.8. The van der Waals surface area contributed by atoms with E-state index >= 15 is 0 Å². The zero-order valence-corrected chi connectivity index (χ0v) is 29.7. The van der Waals surface area contributed by atoms with Gasteiger partial charge in [-0.1, -0.05) is 102 Å². The van der Waals surface area contributed by atoms with Gasteiger partial charge < -0.3 is 9.47 Å². The van der Waals surface area contributed by atoms with Gasteiger partial charge in [0, 0.05) is 46.8 Å². The highest BCUT2D eigenvalue weighted by atomic mass is 16.7. The molecule has 2 rings (SSSR count). The van der Waals surface area contributed by atoms with E-state index < -0.39 is 0 Å². The van der Waals surface area contributed by atoms with Crippen LogP contribution in [0.2, 0.25) is 0 Å². The van der Waals surface area contributed by atoms with E-state index in [-0.39, 0.29) is 40.5 Å². The Morgan fingerprint density at radius 3 is 1.29 bits per heavy atom. The summed E-state index contributed by atoms with van der Waals surface area (Å²) in [5, 5.41) is 0. The molecule has 0 radical (unpaired) electrons. The van der Waals surface area contributed by atoms with Crippen LogP contribution < -0.4 is 9.47 Å². The summed E-state index contributed by atoms with van der Waals surface area (Å²) < 4.78 is 13.2. The van der Waals surface area contributed by atoms with Crippen LogP contribution in [0.1, 0.15) is 151 Å². The molecule has 0 saturated carbocycles. The summed E-state index contributed by atoms with van der Waals surface area (Å²) >= 11 is 0. The molecule has 0 amide bonds. The molecule has 0 aliphatic carbocycles. The van der Waals surface area contributed by atoms with Crippen molar-refractivity contribution in [1.29, 1.82) is 0 Å². The molecule has 0 spiro atoms. The summed E-state index contributed by atoms with van der Waals surface area (Å²) in [5.74, 6) is 1.67. The molecule has 1 unspecified atom stereocenters. The van der Waals surface area contributed by atoms with Crippen molar-refractivity contribution in [2.75, 3.05) is 6.79 Å². The molecule has 42 heavy (non-hydrogen) atoms. The van der Waals surface area contributed by atoms with Gasteiger partial charge in [-0.2, -0.15) is 0 Å². The van der Waals surface area contributed by atoms with Crippen LogP contribution in [-0.2, 0) is 21.7 Å². The Labute approximate surface area is 258 Å². The van der Waals surface area contributed by atoms with E-state index in [9.17, 15) is 0 Å². The molecule has 0 heterocycles. The molecule has 0 aliphatic rings. The fraction of sp³-hybridized carbons (Fsp3) is 0.632. The van der Waals surface area contributed by atoms with Gasteiger partial charge in [0.25, 0.3) is 0 Å². The van der Waals surface area contributed by atoms with E-state index in [4.69, 9.17) is 19.5 Å². The number of hydrogen-bond acceptors (Lipinski definition) is 4. The third-order valence-corrected chi connectivity index (χ3v) is 7.56. The number of benzene rings is 2. The van der Waals surface area contributed by atoms with Crippen molar-refractivity contribution < 1.29 is 9.47 Å². The SMILES string of the molecule is CCC(C)N=Cc1cc(C(C)(C)C)cc(C(C)(C)C)c1OCOc1c(C=NC(C)C)cc(C(C)(C)C)cc1C(C)(C)C. The Hall–Kier alpha value is -2.62. The van der Waals surface area contributed by atoms with Gasteiger partial charge >= 0.3 is 0 Å². The molecule has 4 heteroatoms. The lowest BCUT2D eigenvalue weighted by Gasteiger charge is -2.30. The van der Waals surface area contributed by atoms with E-state index in [1.165, 1.54) is 11.1 Å². The molecule has 0 aliphatic heterocycles. The highest BCUT2D eigenvalue weighted by molar-refractivity contribution is 5.86. The van der Waals surface area contributed by atoms with Gasteiger partial charge in [0.15, 0.2) is 0 Å². The van der Waals surface area contributed by atoms with Crippen molar-refractivity contribution in [1.82, 2.24) is 0 Å². The monoisotopic (exact) mass is 576 g/mol. The third-order valence-electron chi connectivity index (χ3n) is 7.56. The molecule has 0 fully saturated rings. The second kappa shape index (κ2) is 13.3.